The van der Waals surface area contributed by atoms with E-state index in [4.69, 9.17) is 4.42 Å². The summed E-state index contributed by atoms with van der Waals surface area (Å²) in [6.07, 6.45) is 2.44. The summed E-state index contributed by atoms with van der Waals surface area (Å²) in [5, 5.41) is 7.50. The molecule has 0 saturated heterocycles. The smallest absolute Gasteiger partial charge is 0.287 e. The molecular weight excluding hydrogens is 376 g/mol. The average Bonchev–Trinajstić information content (AvgIpc) is 3.11. The van der Waals surface area contributed by atoms with Crippen LogP contribution < -0.4 is 16.1 Å². The van der Waals surface area contributed by atoms with Gasteiger partial charge in [0.05, 0.1) is 10.8 Å². The number of carbonyl (C=O) groups excluding carboxylic acids is 1. The van der Waals surface area contributed by atoms with Gasteiger partial charge in [-0.25, -0.2) is 4.98 Å². The zero-order valence-corrected chi connectivity index (χ0v) is 16.0. The van der Waals surface area contributed by atoms with Gasteiger partial charge in [0.1, 0.15) is 16.2 Å². The maximum atomic E-state index is 12.3. The van der Waals surface area contributed by atoms with Crippen molar-refractivity contribution in [1.82, 2.24) is 14.7 Å². The summed E-state index contributed by atoms with van der Waals surface area (Å²) in [5.74, 6) is 0.420. The van der Waals surface area contributed by atoms with Gasteiger partial charge in [-0.2, -0.15) is 4.37 Å². The van der Waals surface area contributed by atoms with Crippen molar-refractivity contribution in [3.8, 4) is 0 Å². The lowest BCUT2D eigenvalue weighted by Gasteiger charge is -2.07. The highest BCUT2D eigenvalue weighted by Gasteiger charge is 2.12. The van der Waals surface area contributed by atoms with Crippen LogP contribution in [-0.2, 0) is 0 Å². The fourth-order valence-electron chi connectivity index (χ4n) is 2.88. The molecule has 4 aromatic rings. The standard InChI is InChI=1S/C20H18N4O3S/c1-12-5-6-16-14(10-12)15(25)11-17(27-16)19(26)22-9-3-8-21-18-13-4-2-7-23-20(13)28-24-18/h2,4-7,10-11H,3,8-9H2,1H3,(H,21,24)(H,22,26). The normalized spacial score (nSPS) is 11.0. The van der Waals surface area contributed by atoms with E-state index in [9.17, 15) is 9.59 Å². The van der Waals surface area contributed by atoms with Crippen LogP contribution in [-0.4, -0.2) is 28.4 Å². The molecule has 3 aromatic heterocycles. The van der Waals surface area contributed by atoms with Crippen LogP contribution in [0.3, 0.4) is 0 Å². The first-order chi connectivity index (χ1) is 13.6. The van der Waals surface area contributed by atoms with Crippen LogP contribution >= 0.6 is 11.5 Å². The van der Waals surface area contributed by atoms with Crippen molar-refractivity contribution < 1.29 is 9.21 Å². The van der Waals surface area contributed by atoms with Gasteiger partial charge in [-0.3, -0.25) is 9.59 Å². The number of aromatic nitrogens is 2. The minimum Gasteiger partial charge on any atom is -0.451 e. The number of rotatable bonds is 6. The first-order valence-electron chi connectivity index (χ1n) is 8.89. The first kappa shape index (κ1) is 18.1. The molecule has 0 atom stereocenters. The predicted molar refractivity (Wildman–Crippen MR) is 110 cm³/mol. The van der Waals surface area contributed by atoms with E-state index in [2.05, 4.69) is 20.0 Å². The monoisotopic (exact) mass is 394 g/mol. The maximum absolute atomic E-state index is 12.3. The second-order valence-electron chi connectivity index (χ2n) is 6.40. The molecule has 0 saturated carbocycles. The van der Waals surface area contributed by atoms with Gasteiger partial charge in [0.15, 0.2) is 11.2 Å². The highest BCUT2D eigenvalue weighted by atomic mass is 32.1. The summed E-state index contributed by atoms with van der Waals surface area (Å²) in [5.41, 5.74) is 1.16. The van der Waals surface area contributed by atoms with Crippen molar-refractivity contribution in [2.24, 2.45) is 0 Å². The number of nitrogens with zero attached hydrogens (tertiary/aromatic N) is 2. The Balaban J connectivity index is 1.33. The van der Waals surface area contributed by atoms with Crippen molar-refractivity contribution in [2.75, 3.05) is 18.4 Å². The van der Waals surface area contributed by atoms with Crippen molar-refractivity contribution in [3.05, 3.63) is 64.1 Å². The Hall–Kier alpha value is -3.26. The van der Waals surface area contributed by atoms with E-state index in [0.717, 1.165) is 21.6 Å². The van der Waals surface area contributed by atoms with E-state index in [1.54, 1.807) is 18.3 Å². The molecule has 1 amide bonds. The lowest BCUT2D eigenvalue weighted by Crippen LogP contribution is -2.26. The molecule has 0 aliphatic heterocycles. The number of nitrogens with one attached hydrogen (secondary N) is 2. The lowest BCUT2D eigenvalue weighted by atomic mass is 10.1. The van der Waals surface area contributed by atoms with Gasteiger partial charge in [-0.05, 0) is 49.1 Å². The topological polar surface area (TPSA) is 97.1 Å². The van der Waals surface area contributed by atoms with Crippen molar-refractivity contribution in [1.29, 1.82) is 0 Å². The quantitative estimate of drug-likeness (QED) is 0.487. The zero-order chi connectivity index (χ0) is 19.5. The van der Waals surface area contributed by atoms with E-state index in [0.29, 0.717) is 30.5 Å². The summed E-state index contributed by atoms with van der Waals surface area (Å²) in [6, 6.07) is 10.4. The molecule has 0 unspecified atom stereocenters. The Morgan fingerprint density at radius 1 is 1.18 bits per heavy atom. The van der Waals surface area contributed by atoms with Gasteiger partial charge in [0.2, 0.25) is 0 Å². The number of pyridine rings is 1. The van der Waals surface area contributed by atoms with E-state index >= 15 is 0 Å². The molecule has 142 valence electrons. The van der Waals surface area contributed by atoms with Gasteiger partial charge in [0, 0.05) is 25.4 Å². The predicted octanol–water partition coefficient (Wildman–Crippen LogP) is 3.34. The second-order valence-corrected chi connectivity index (χ2v) is 7.15. The second kappa shape index (κ2) is 7.77. The lowest BCUT2D eigenvalue weighted by molar-refractivity contribution is 0.0926. The highest BCUT2D eigenvalue weighted by molar-refractivity contribution is 7.13. The van der Waals surface area contributed by atoms with Gasteiger partial charge in [0.25, 0.3) is 5.91 Å². The fraction of sp³-hybridized carbons (Fsp3) is 0.200. The maximum Gasteiger partial charge on any atom is 0.287 e. The van der Waals surface area contributed by atoms with Crippen LogP contribution in [0.15, 0.2) is 51.8 Å². The molecule has 3 heterocycles. The number of carbonyl (C=O) groups is 1. The van der Waals surface area contributed by atoms with Crippen LogP contribution in [0.4, 0.5) is 5.82 Å². The van der Waals surface area contributed by atoms with Crippen LogP contribution in [0.5, 0.6) is 0 Å². The summed E-state index contributed by atoms with van der Waals surface area (Å²) < 4.78 is 9.93. The third-order valence-electron chi connectivity index (χ3n) is 4.29. The van der Waals surface area contributed by atoms with Gasteiger partial charge in [-0.15, -0.1) is 0 Å². The number of hydrogen-bond acceptors (Lipinski definition) is 7. The SMILES string of the molecule is Cc1ccc2oc(C(=O)NCCCNc3nsc4ncccc34)cc(=O)c2c1. The average molecular weight is 394 g/mol. The molecule has 0 spiro atoms. The van der Waals surface area contributed by atoms with E-state index < -0.39 is 5.91 Å². The fourth-order valence-corrected chi connectivity index (χ4v) is 3.59. The summed E-state index contributed by atoms with van der Waals surface area (Å²) in [7, 11) is 0. The minimum absolute atomic E-state index is 0.0193. The van der Waals surface area contributed by atoms with Crippen molar-refractivity contribution in [2.45, 2.75) is 13.3 Å². The number of amides is 1. The molecule has 8 heteroatoms. The minimum atomic E-state index is -0.400. The van der Waals surface area contributed by atoms with Gasteiger partial charge >= 0.3 is 0 Å². The van der Waals surface area contributed by atoms with Gasteiger partial charge < -0.3 is 15.1 Å². The molecular formula is C20H18N4O3S. The van der Waals surface area contributed by atoms with Crippen LogP contribution in [0, 0.1) is 6.92 Å². The number of hydrogen-bond donors (Lipinski definition) is 2. The summed E-state index contributed by atoms with van der Waals surface area (Å²) in [6.45, 7) is 3.00. The Kier molecular flexibility index (Phi) is 5.03. The summed E-state index contributed by atoms with van der Waals surface area (Å²) >= 11 is 1.35. The number of aryl methyl sites for hydroxylation is 1. The molecule has 4 rings (SSSR count). The van der Waals surface area contributed by atoms with Crippen molar-refractivity contribution in [3.63, 3.8) is 0 Å². The van der Waals surface area contributed by atoms with E-state index in [1.807, 2.05) is 25.1 Å². The van der Waals surface area contributed by atoms with E-state index in [-0.39, 0.29) is 11.2 Å². The number of anilines is 1. The first-order valence-corrected chi connectivity index (χ1v) is 9.66. The van der Waals surface area contributed by atoms with Crippen LogP contribution in [0.1, 0.15) is 22.5 Å². The Morgan fingerprint density at radius 3 is 2.96 bits per heavy atom. The number of benzene rings is 1. The molecule has 0 fully saturated rings. The van der Waals surface area contributed by atoms with Crippen LogP contribution in [0.2, 0.25) is 0 Å². The highest BCUT2D eigenvalue weighted by Crippen LogP contribution is 2.23. The molecule has 28 heavy (non-hydrogen) atoms. The third-order valence-corrected chi connectivity index (χ3v) is 5.06. The van der Waals surface area contributed by atoms with Crippen LogP contribution in [0.25, 0.3) is 21.2 Å². The zero-order valence-electron chi connectivity index (χ0n) is 15.2. The summed E-state index contributed by atoms with van der Waals surface area (Å²) in [4.78, 5) is 29.6. The molecule has 1 aromatic carbocycles. The third kappa shape index (κ3) is 3.72. The molecule has 0 bridgehead atoms. The van der Waals surface area contributed by atoms with E-state index in [1.165, 1.54) is 17.6 Å². The molecule has 2 N–H and O–H groups in total. The van der Waals surface area contributed by atoms with Gasteiger partial charge in [-0.1, -0.05) is 11.6 Å². The van der Waals surface area contributed by atoms with Crippen molar-refractivity contribution >= 4 is 44.4 Å². The molecule has 7 nitrogen and oxygen atoms in total. The molecule has 0 radical (unpaired) electrons. The Labute approximate surface area is 164 Å². The molecule has 0 aliphatic rings. The number of fused-ring (bicyclic) bond motifs is 2. The largest absolute Gasteiger partial charge is 0.451 e. The Bertz CT molecular complexity index is 1220. The molecule has 0 aliphatic carbocycles. The Morgan fingerprint density at radius 2 is 2.07 bits per heavy atom.